The van der Waals surface area contributed by atoms with Gasteiger partial charge in [-0.1, -0.05) is 12.1 Å². The third-order valence-corrected chi connectivity index (χ3v) is 2.36. The molecule has 0 aliphatic rings. The summed E-state index contributed by atoms with van der Waals surface area (Å²) in [6.07, 6.45) is -0.626. The van der Waals surface area contributed by atoms with E-state index in [1.54, 1.807) is 32.9 Å². The van der Waals surface area contributed by atoms with Gasteiger partial charge in [0, 0.05) is 0 Å². The molecule has 14 heavy (non-hydrogen) atoms. The first-order valence-electron chi connectivity index (χ1n) is 4.63. The molecule has 1 aromatic rings. The highest BCUT2D eigenvalue weighted by molar-refractivity contribution is 5.32. The molecule has 0 aromatic heterocycles. The number of aliphatic hydroxyl groups excluding tert-OH is 1. The highest BCUT2D eigenvalue weighted by atomic mass is 19.1. The number of benzene rings is 1. The standard InChI is InChI=1S/C11H16FNO/c1-6-4-9(11(13)8(3)14)5-7(2)10(6)12/h4-5,8,11,14H,13H2,1-3H3/t8?,11-/m1/s1. The lowest BCUT2D eigenvalue weighted by Crippen LogP contribution is -2.23. The van der Waals surface area contributed by atoms with Crippen LogP contribution in [0.5, 0.6) is 0 Å². The summed E-state index contributed by atoms with van der Waals surface area (Å²) in [5, 5.41) is 9.31. The monoisotopic (exact) mass is 197 g/mol. The van der Waals surface area contributed by atoms with Gasteiger partial charge in [0.15, 0.2) is 0 Å². The fourth-order valence-corrected chi connectivity index (χ4v) is 1.45. The van der Waals surface area contributed by atoms with Gasteiger partial charge in [-0.25, -0.2) is 4.39 Å². The summed E-state index contributed by atoms with van der Waals surface area (Å²) in [7, 11) is 0. The van der Waals surface area contributed by atoms with Crippen LogP contribution in [-0.2, 0) is 0 Å². The second kappa shape index (κ2) is 4.07. The van der Waals surface area contributed by atoms with E-state index in [2.05, 4.69) is 0 Å². The average molecular weight is 197 g/mol. The van der Waals surface area contributed by atoms with Crippen molar-refractivity contribution >= 4 is 0 Å². The zero-order valence-corrected chi connectivity index (χ0v) is 8.71. The zero-order valence-electron chi connectivity index (χ0n) is 8.71. The Morgan fingerprint density at radius 2 is 1.71 bits per heavy atom. The van der Waals surface area contributed by atoms with E-state index < -0.39 is 12.1 Å². The summed E-state index contributed by atoms with van der Waals surface area (Å²) >= 11 is 0. The minimum absolute atomic E-state index is 0.202. The molecule has 0 aliphatic heterocycles. The second-order valence-electron chi connectivity index (χ2n) is 3.74. The van der Waals surface area contributed by atoms with Crippen LogP contribution in [0.1, 0.15) is 29.7 Å². The van der Waals surface area contributed by atoms with Crippen molar-refractivity contribution in [1.82, 2.24) is 0 Å². The summed E-state index contributed by atoms with van der Waals surface area (Å²) in [5.74, 6) is -0.202. The SMILES string of the molecule is Cc1cc([C@H](N)C(C)O)cc(C)c1F. The fraction of sp³-hybridized carbons (Fsp3) is 0.455. The zero-order chi connectivity index (χ0) is 10.9. The first kappa shape index (κ1) is 11.1. The smallest absolute Gasteiger partial charge is 0.129 e. The number of aryl methyl sites for hydroxylation is 2. The first-order chi connectivity index (χ1) is 6.43. The minimum Gasteiger partial charge on any atom is -0.391 e. The maximum Gasteiger partial charge on any atom is 0.129 e. The third-order valence-electron chi connectivity index (χ3n) is 2.36. The maximum atomic E-state index is 13.3. The van der Waals surface area contributed by atoms with Gasteiger partial charge in [-0.2, -0.15) is 0 Å². The Morgan fingerprint density at radius 1 is 1.29 bits per heavy atom. The van der Waals surface area contributed by atoms with E-state index in [1.807, 2.05) is 0 Å². The lowest BCUT2D eigenvalue weighted by molar-refractivity contribution is 0.164. The second-order valence-corrected chi connectivity index (χ2v) is 3.74. The summed E-state index contributed by atoms with van der Waals surface area (Å²) < 4.78 is 13.3. The van der Waals surface area contributed by atoms with Crippen LogP contribution in [0.3, 0.4) is 0 Å². The number of halogens is 1. The van der Waals surface area contributed by atoms with Gasteiger partial charge in [-0.05, 0) is 37.5 Å². The summed E-state index contributed by atoms with van der Waals surface area (Å²) in [5.41, 5.74) is 7.66. The van der Waals surface area contributed by atoms with Gasteiger partial charge in [-0.15, -0.1) is 0 Å². The quantitative estimate of drug-likeness (QED) is 0.759. The summed E-state index contributed by atoms with van der Waals surface area (Å²) in [6.45, 7) is 5.01. The highest BCUT2D eigenvalue weighted by Crippen LogP contribution is 2.20. The lowest BCUT2D eigenvalue weighted by atomic mass is 9.98. The van der Waals surface area contributed by atoms with Crippen molar-refractivity contribution in [3.63, 3.8) is 0 Å². The van der Waals surface area contributed by atoms with Gasteiger partial charge < -0.3 is 10.8 Å². The normalized spacial score (nSPS) is 15.3. The number of hydrogen-bond donors (Lipinski definition) is 2. The lowest BCUT2D eigenvalue weighted by Gasteiger charge is -2.16. The molecule has 3 heteroatoms. The molecular formula is C11H16FNO. The molecule has 0 saturated carbocycles. The van der Waals surface area contributed by atoms with E-state index >= 15 is 0 Å². The van der Waals surface area contributed by atoms with Crippen molar-refractivity contribution in [2.45, 2.75) is 32.9 Å². The van der Waals surface area contributed by atoms with Crippen LogP contribution >= 0.6 is 0 Å². The molecule has 0 spiro atoms. The van der Waals surface area contributed by atoms with Gasteiger partial charge in [0.2, 0.25) is 0 Å². The van der Waals surface area contributed by atoms with E-state index in [1.165, 1.54) is 0 Å². The Balaban J connectivity index is 3.12. The van der Waals surface area contributed by atoms with Crippen LogP contribution in [0.2, 0.25) is 0 Å². The van der Waals surface area contributed by atoms with Crippen molar-refractivity contribution < 1.29 is 9.50 Å². The number of rotatable bonds is 2. The van der Waals surface area contributed by atoms with E-state index in [9.17, 15) is 9.50 Å². The third kappa shape index (κ3) is 2.11. The predicted molar refractivity (Wildman–Crippen MR) is 54.5 cm³/mol. The van der Waals surface area contributed by atoms with Crippen molar-refractivity contribution in [2.24, 2.45) is 5.73 Å². The van der Waals surface area contributed by atoms with Gasteiger partial charge in [0.1, 0.15) is 5.82 Å². The Morgan fingerprint density at radius 3 is 2.07 bits per heavy atom. The van der Waals surface area contributed by atoms with Crippen molar-refractivity contribution in [3.05, 3.63) is 34.6 Å². The number of nitrogens with two attached hydrogens (primary N) is 1. The van der Waals surface area contributed by atoms with Crippen LogP contribution < -0.4 is 5.73 Å². The summed E-state index contributed by atoms with van der Waals surface area (Å²) in [6, 6.07) is 2.91. The van der Waals surface area contributed by atoms with Crippen LogP contribution in [0.4, 0.5) is 4.39 Å². The van der Waals surface area contributed by atoms with Crippen molar-refractivity contribution in [3.8, 4) is 0 Å². The molecule has 0 amide bonds. The molecule has 0 bridgehead atoms. The molecule has 1 unspecified atom stereocenters. The van der Waals surface area contributed by atoms with E-state index in [0.29, 0.717) is 11.1 Å². The molecule has 1 aromatic carbocycles. The van der Waals surface area contributed by atoms with E-state index in [4.69, 9.17) is 5.73 Å². The molecule has 78 valence electrons. The van der Waals surface area contributed by atoms with Crippen LogP contribution in [0, 0.1) is 19.7 Å². The molecule has 0 fully saturated rings. The molecule has 2 nitrogen and oxygen atoms in total. The molecule has 0 heterocycles. The Labute approximate surface area is 83.6 Å². The molecule has 1 rings (SSSR count). The predicted octanol–water partition coefficient (Wildman–Crippen LogP) is 1.82. The molecule has 2 atom stereocenters. The van der Waals surface area contributed by atoms with Crippen molar-refractivity contribution in [2.75, 3.05) is 0 Å². The minimum atomic E-state index is -0.626. The molecule has 0 saturated heterocycles. The highest BCUT2D eigenvalue weighted by Gasteiger charge is 2.14. The average Bonchev–Trinajstić information content (AvgIpc) is 2.12. The van der Waals surface area contributed by atoms with Crippen molar-refractivity contribution in [1.29, 1.82) is 0 Å². The van der Waals surface area contributed by atoms with Gasteiger partial charge >= 0.3 is 0 Å². The number of aliphatic hydroxyl groups is 1. The van der Waals surface area contributed by atoms with Gasteiger partial charge in [-0.3, -0.25) is 0 Å². The maximum absolute atomic E-state index is 13.3. The molecule has 3 N–H and O–H groups in total. The Hall–Kier alpha value is -0.930. The Kier molecular flexibility index (Phi) is 3.24. The molecule has 0 radical (unpaired) electrons. The first-order valence-corrected chi connectivity index (χ1v) is 4.63. The van der Waals surface area contributed by atoms with Crippen LogP contribution in [0.25, 0.3) is 0 Å². The largest absolute Gasteiger partial charge is 0.391 e. The van der Waals surface area contributed by atoms with Crippen LogP contribution in [-0.4, -0.2) is 11.2 Å². The Bertz CT molecular complexity index is 313. The topological polar surface area (TPSA) is 46.2 Å². The molecule has 0 aliphatic carbocycles. The molecular weight excluding hydrogens is 181 g/mol. The van der Waals surface area contributed by atoms with E-state index in [0.717, 1.165) is 5.56 Å². The van der Waals surface area contributed by atoms with Gasteiger partial charge in [0.05, 0.1) is 12.1 Å². The fourth-order valence-electron chi connectivity index (χ4n) is 1.45. The van der Waals surface area contributed by atoms with Crippen LogP contribution in [0.15, 0.2) is 12.1 Å². The van der Waals surface area contributed by atoms with Gasteiger partial charge in [0.25, 0.3) is 0 Å². The van der Waals surface area contributed by atoms with E-state index in [-0.39, 0.29) is 5.82 Å². The summed E-state index contributed by atoms with van der Waals surface area (Å²) in [4.78, 5) is 0. The number of hydrogen-bond acceptors (Lipinski definition) is 2.